The molecule has 2 atom stereocenters. The second-order valence-corrected chi connectivity index (χ2v) is 5.78. The third-order valence-corrected chi connectivity index (χ3v) is 3.12. The average molecular weight is 272 g/mol. The van der Waals surface area contributed by atoms with Crippen LogP contribution in [-0.2, 0) is 9.59 Å². The number of carboxylic acids is 1. The van der Waals surface area contributed by atoms with Gasteiger partial charge in [-0.25, -0.2) is 0 Å². The van der Waals surface area contributed by atoms with E-state index in [0.29, 0.717) is 31.3 Å². The number of hydrogen-bond acceptors (Lipinski definition) is 3. The summed E-state index contributed by atoms with van der Waals surface area (Å²) in [6, 6.07) is 0. The maximum Gasteiger partial charge on any atom is 0.303 e. The Balaban J connectivity index is 4.01. The fraction of sp³-hybridized carbons (Fsp3) is 0.857. The summed E-state index contributed by atoms with van der Waals surface area (Å²) in [5.74, 6) is -0.0424. The van der Waals surface area contributed by atoms with Gasteiger partial charge < -0.3 is 16.2 Å². The molecule has 1 unspecified atom stereocenters. The van der Waals surface area contributed by atoms with E-state index in [-0.39, 0.29) is 18.2 Å². The number of nitrogens with one attached hydrogen (secondary N) is 1. The van der Waals surface area contributed by atoms with Crippen LogP contribution in [0.15, 0.2) is 0 Å². The summed E-state index contributed by atoms with van der Waals surface area (Å²) in [6.45, 7) is 7.15. The van der Waals surface area contributed by atoms with Gasteiger partial charge in [0, 0.05) is 19.4 Å². The molecule has 0 aliphatic carbocycles. The number of carbonyl (C=O) groups excluding carboxylic acids is 1. The molecule has 0 aromatic rings. The van der Waals surface area contributed by atoms with E-state index in [2.05, 4.69) is 19.2 Å². The van der Waals surface area contributed by atoms with Gasteiger partial charge >= 0.3 is 5.97 Å². The second-order valence-electron chi connectivity index (χ2n) is 5.78. The second kappa shape index (κ2) is 9.78. The van der Waals surface area contributed by atoms with Gasteiger partial charge in [-0.1, -0.05) is 20.8 Å². The maximum absolute atomic E-state index is 11.6. The molecule has 0 aromatic carbocycles. The van der Waals surface area contributed by atoms with Crippen LogP contribution in [-0.4, -0.2) is 30.1 Å². The molecule has 0 aliphatic heterocycles. The molecule has 0 aromatic heterocycles. The van der Waals surface area contributed by atoms with Gasteiger partial charge in [-0.3, -0.25) is 9.59 Å². The molecule has 19 heavy (non-hydrogen) atoms. The van der Waals surface area contributed by atoms with Gasteiger partial charge in [-0.2, -0.15) is 0 Å². The highest BCUT2D eigenvalue weighted by molar-refractivity contribution is 5.76. The molecule has 0 spiro atoms. The van der Waals surface area contributed by atoms with Crippen LogP contribution in [0.3, 0.4) is 0 Å². The monoisotopic (exact) mass is 272 g/mol. The summed E-state index contributed by atoms with van der Waals surface area (Å²) in [5, 5.41) is 11.7. The highest BCUT2D eigenvalue weighted by Gasteiger charge is 2.16. The Labute approximate surface area is 115 Å². The van der Waals surface area contributed by atoms with E-state index in [9.17, 15) is 9.59 Å². The predicted molar refractivity (Wildman–Crippen MR) is 75.7 cm³/mol. The molecule has 1 amide bonds. The Morgan fingerprint density at radius 3 is 2.37 bits per heavy atom. The minimum absolute atomic E-state index is 0.00776. The zero-order valence-corrected chi connectivity index (χ0v) is 12.3. The van der Waals surface area contributed by atoms with Crippen LogP contribution in [0, 0.1) is 17.8 Å². The lowest BCUT2D eigenvalue weighted by Gasteiger charge is -2.18. The van der Waals surface area contributed by atoms with Crippen molar-refractivity contribution in [3.8, 4) is 0 Å². The first-order valence-electron chi connectivity index (χ1n) is 7.03. The molecule has 5 heteroatoms. The first-order chi connectivity index (χ1) is 8.85. The molecule has 0 fully saturated rings. The summed E-state index contributed by atoms with van der Waals surface area (Å²) >= 11 is 0. The SMILES string of the molecule is CC(C)C[C@H](CNC(=O)CCC(C)CN)CC(=O)O. The van der Waals surface area contributed by atoms with Gasteiger partial charge in [0.2, 0.25) is 5.91 Å². The Kier molecular flexibility index (Phi) is 9.21. The van der Waals surface area contributed by atoms with E-state index in [1.807, 2.05) is 6.92 Å². The topological polar surface area (TPSA) is 92.4 Å². The van der Waals surface area contributed by atoms with E-state index in [1.165, 1.54) is 0 Å². The Hall–Kier alpha value is -1.10. The van der Waals surface area contributed by atoms with Gasteiger partial charge in [-0.05, 0) is 37.1 Å². The first-order valence-corrected chi connectivity index (χ1v) is 7.03. The number of nitrogens with two attached hydrogens (primary N) is 1. The molecule has 0 radical (unpaired) electrons. The highest BCUT2D eigenvalue weighted by atomic mass is 16.4. The van der Waals surface area contributed by atoms with Gasteiger partial charge in [0.15, 0.2) is 0 Å². The molecule has 0 heterocycles. The summed E-state index contributed by atoms with van der Waals surface area (Å²) in [4.78, 5) is 22.4. The van der Waals surface area contributed by atoms with Gasteiger partial charge in [0.05, 0.1) is 0 Å². The Bertz CT molecular complexity index is 280. The molecule has 4 N–H and O–H groups in total. The molecular formula is C14H28N2O3. The normalized spacial score (nSPS) is 14.2. The number of carboxylic acid groups (broad SMARTS) is 1. The van der Waals surface area contributed by atoms with Crippen LogP contribution in [0.5, 0.6) is 0 Å². The van der Waals surface area contributed by atoms with Crippen molar-refractivity contribution in [2.45, 2.75) is 46.5 Å². The molecule has 0 aliphatic rings. The minimum atomic E-state index is -0.809. The molecule has 0 bridgehead atoms. The zero-order chi connectivity index (χ0) is 14.8. The molecule has 0 saturated heterocycles. The van der Waals surface area contributed by atoms with Crippen molar-refractivity contribution in [2.24, 2.45) is 23.5 Å². The molecular weight excluding hydrogens is 244 g/mol. The fourth-order valence-electron chi connectivity index (χ4n) is 1.99. The maximum atomic E-state index is 11.6. The lowest BCUT2D eigenvalue weighted by atomic mass is 9.94. The summed E-state index contributed by atoms with van der Waals surface area (Å²) in [7, 11) is 0. The largest absolute Gasteiger partial charge is 0.481 e. The molecule has 0 saturated carbocycles. The fourth-order valence-corrected chi connectivity index (χ4v) is 1.99. The highest BCUT2D eigenvalue weighted by Crippen LogP contribution is 2.15. The van der Waals surface area contributed by atoms with Crippen molar-refractivity contribution >= 4 is 11.9 Å². The Morgan fingerprint density at radius 1 is 1.26 bits per heavy atom. The number of amides is 1. The third kappa shape index (κ3) is 10.5. The summed E-state index contributed by atoms with van der Waals surface area (Å²) in [6.07, 6.45) is 2.15. The quantitative estimate of drug-likeness (QED) is 0.563. The van der Waals surface area contributed by atoms with Crippen molar-refractivity contribution in [1.82, 2.24) is 5.32 Å². The molecule has 112 valence electrons. The van der Waals surface area contributed by atoms with Gasteiger partial charge in [0.1, 0.15) is 0 Å². The first kappa shape index (κ1) is 17.9. The van der Waals surface area contributed by atoms with Crippen molar-refractivity contribution in [3.63, 3.8) is 0 Å². The van der Waals surface area contributed by atoms with Crippen molar-refractivity contribution in [3.05, 3.63) is 0 Å². The van der Waals surface area contributed by atoms with E-state index >= 15 is 0 Å². The standard InChI is InChI=1S/C14H28N2O3/c1-10(2)6-12(7-14(18)19)9-16-13(17)5-4-11(3)8-15/h10-12H,4-9,15H2,1-3H3,(H,16,17)(H,18,19)/t11?,12-/m0/s1. The van der Waals surface area contributed by atoms with Gasteiger partial charge in [-0.15, -0.1) is 0 Å². The van der Waals surface area contributed by atoms with Gasteiger partial charge in [0.25, 0.3) is 0 Å². The van der Waals surface area contributed by atoms with Crippen LogP contribution in [0.4, 0.5) is 0 Å². The van der Waals surface area contributed by atoms with E-state index < -0.39 is 5.97 Å². The van der Waals surface area contributed by atoms with Crippen LogP contribution in [0.2, 0.25) is 0 Å². The number of rotatable bonds is 10. The predicted octanol–water partition coefficient (Wildman–Crippen LogP) is 1.61. The average Bonchev–Trinajstić information content (AvgIpc) is 2.31. The van der Waals surface area contributed by atoms with Crippen LogP contribution < -0.4 is 11.1 Å². The van der Waals surface area contributed by atoms with E-state index in [4.69, 9.17) is 10.8 Å². The summed E-state index contributed by atoms with van der Waals surface area (Å²) in [5.41, 5.74) is 5.49. The lowest BCUT2D eigenvalue weighted by molar-refractivity contribution is -0.138. The van der Waals surface area contributed by atoms with Crippen LogP contribution in [0.1, 0.15) is 46.5 Å². The van der Waals surface area contributed by atoms with Crippen molar-refractivity contribution < 1.29 is 14.7 Å². The van der Waals surface area contributed by atoms with Crippen molar-refractivity contribution in [2.75, 3.05) is 13.1 Å². The number of hydrogen-bond donors (Lipinski definition) is 3. The minimum Gasteiger partial charge on any atom is -0.481 e. The molecule has 0 rings (SSSR count). The van der Waals surface area contributed by atoms with E-state index in [0.717, 1.165) is 12.8 Å². The van der Waals surface area contributed by atoms with Crippen LogP contribution in [0.25, 0.3) is 0 Å². The zero-order valence-electron chi connectivity index (χ0n) is 12.3. The van der Waals surface area contributed by atoms with E-state index in [1.54, 1.807) is 0 Å². The van der Waals surface area contributed by atoms with Crippen LogP contribution >= 0.6 is 0 Å². The number of aliphatic carboxylic acids is 1. The third-order valence-electron chi connectivity index (χ3n) is 3.12. The summed E-state index contributed by atoms with van der Waals surface area (Å²) < 4.78 is 0. The van der Waals surface area contributed by atoms with Crippen molar-refractivity contribution in [1.29, 1.82) is 0 Å². The Morgan fingerprint density at radius 2 is 1.89 bits per heavy atom. The number of carbonyl (C=O) groups is 2. The smallest absolute Gasteiger partial charge is 0.303 e. The lowest BCUT2D eigenvalue weighted by Crippen LogP contribution is -2.31. The molecule has 5 nitrogen and oxygen atoms in total.